The molecule has 1 atom stereocenters. The van der Waals surface area contributed by atoms with Gasteiger partial charge in [0, 0.05) is 7.05 Å². The largest absolute Gasteiger partial charge is 0.482 e. The molecule has 0 saturated carbocycles. The molecule has 0 radical (unpaired) electrons. The highest BCUT2D eigenvalue weighted by molar-refractivity contribution is 5.97. The van der Waals surface area contributed by atoms with Gasteiger partial charge in [0.2, 0.25) is 0 Å². The van der Waals surface area contributed by atoms with E-state index in [0.29, 0.717) is 11.4 Å². The molecule has 1 aliphatic rings. The summed E-state index contributed by atoms with van der Waals surface area (Å²) in [5.41, 5.74) is 1.52. The topological polar surface area (TPSA) is 65.4 Å². The molecule has 0 bridgehead atoms. The zero-order chi connectivity index (χ0) is 12.4. The predicted octanol–water partition coefficient (Wildman–Crippen LogP) is 0.826. The zero-order valence-corrected chi connectivity index (χ0v) is 9.73. The van der Waals surface area contributed by atoms with Crippen molar-refractivity contribution in [3.63, 3.8) is 0 Å². The Morgan fingerprint density at radius 1 is 1.59 bits per heavy atom. The van der Waals surface area contributed by atoms with E-state index >= 15 is 0 Å². The molecule has 1 unspecified atom stereocenters. The quantitative estimate of drug-likeness (QED) is 0.818. The smallest absolute Gasteiger partial charge is 0.264 e. The summed E-state index contributed by atoms with van der Waals surface area (Å²) in [6, 6.07) is 7.18. The molecular weight excluding hydrogens is 218 g/mol. The Morgan fingerprint density at radius 3 is 3.00 bits per heavy atom. The van der Waals surface area contributed by atoms with Gasteiger partial charge in [-0.05, 0) is 24.7 Å². The Hall–Kier alpha value is -2.06. The lowest BCUT2D eigenvalue weighted by molar-refractivity contribution is -0.120. The van der Waals surface area contributed by atoms with E-state index < -0.39 is 0 Å². The van der Waals surface area contributed by atoms with Gasteiger partial charge >= 0.3 is 0 Å². The van der Waals surface area contributed by atoms with Crippen LogP contribution >= 0.6 is 0 Å². The molecule has 88 valence electrons. The third-order valence-electron chi connectivity index (χ3n) is 2.82. The molecule has 0 aromatic heterocycles. The van der Waals surface area contributed by atoms with Crippen LogP contribution in [-0.2, 0) is 4.79 Å². The van der Waals surface area contributed by atoms with Crippen LogP contribution in [0.2, 0.25) is 0 Å². The number of ether oxygens (including phenoxy) is 1. The van der Waals surface area contributed by atoms with Crippen molar-refractivity contribution in [3.8, 4) is 11.8 Å². The molecule has 1 heterocycles. The summed E-state index contributed by atoms with van der Waals surface area (Å²) in [6.45, 7) is 0.0660. The van der Waals surface area contributed by atoms with E-state index in [4.69, 9.17) is 10.00 Å². The standard InChI is InChI=1S/C12H13N3O2/c1-14-9(6-13)8-3-4-11-10(5-8)15(2)12(16)7-17-11/h3-5,9,14H,7H2,1-2H3. The maximum Gasteiger partial charge on any atom is 0.264 e. The second-order valence-electron chi connectivity index (χ2n) is 3.82. The maximum absolute atomic E-state index is 11.5. The average molecular weight is 231 g/mol. The first kappa shape index (κ1) is 11.4. The summed E-state index contributed by atoms with van der Waals surface area (Å²) >= 11 is 0. The molecule has 0 spiro atoms. The number of fused-ring (bicyclic) bond motifs is 1. The summed E-state index contributed by atoms with van der Waals surface area (Å²) in [4.78, 5) is 13.0. The van der Waals surface area contributed by atoms with Gasteiger partial charge < -0.3 is 15.0 Å². The number of rotatable bonds is 2. The van der Waals surface area contributed by atoms with Gasteiger partial charge in [0.15, 0.2) is 6.61 Å². The van der Waals surface area contributed by atoms with Gasteiger partial charge in [-0.15, -0.1) is 0 Å². The van der Waals surface area contributed by atoms with Gasteiger partial charge in [0.1, 0.15) is 11.8 Å². The summed E-state index contributed by atoms with van der Waals surface area (Å²) in [7, 11) is 3.42. The summed E-state index contributed by atoms with van der Waals surface area (Å²) in [5, 5.41) is 11.9. The number of benzene rings is 1. The van der Waals surface area contributed by atoms with E-state index in [2.05, 4.69) is 11.4 Å². The van der Waals surface area contributed by atoms with Crippen LogP contribution in [0.1, 0.15) is 11.6 Å². The first-order valence-corrected chi connectivity index (χ1v) is 5.27. The van der Waals surface area contributed by atoms with Gasteiger partial charge in [-0.2, -0.15) is 5.26 Å². The molecule has 2 rings (SSSR count). The van der Waals surface area contributed by atoms with Gasteiger partial charge in [-0.1, -0.05) is 6.07 Å². The fourth-order valence-corrected chi connectivity index (χ4v) is 1.77. The lowest BCUT2D eigenvalue weighted by atomic mass is 10.1. The van der Waals surface area contributed by atoms with Crippen molar-refractivity contribution in [3.05, 3.63) is 23.8 Å². The van der Waals surface area contributed by atoms with Gasteiger partial charge in [0.05, 0.1) is 11.8 Å². The molecule has 5 heteroatoms. The van der Waals surface area contributed by atoms with Gasteiger partial charge in [0.25, 0.3) is 5.91 Å². The fraction of sp³-hybridized carbons (Fsp3) is 0.333. The van der Waals surface area contributed by atoms with Crippen LogP contribution in [0.25, 0.3) is 0 Å². The third-order valence-corrected chi connectivity index (χ3v) is 2.82. The molecule has 1 N–H and O–H groups in total. The molecular formula is C12H13N3O2. The van der Waals surface area contributed by atoms with E-state index in [0.717, 1.165) is 5.56 Å². The van der Waals surface area contributed by atoms with Gasteiger partial charge in [-0.25, -0.2) is 0 Å². The average Bonchev–Trinajstić information content (AvgIpc) is 2.36. The van der Waals surface area contributed by atoms with E-state index in [-0.39, 0.29) is 18.6 Å². The van der Waals surface area contributed by atoms with E-state index in [9.17, 15) is 4.79 Å². The van der Waals surface area contributed by atoms with E-state index in [1.165, 1.54) is 0 Å². The number of nitrogens with zero attached hydrogens (tertiary/aromatic N) is 2. The number of likely N-dealkylation sites (N-methyl/N-ethyl adjacent to an activating group) is 1. The van der Waals surface area contributed by atoms with Crippen LogP contribution in [0.5, 0.6) is 5.75 Å². The lowest BCUT2D eigenvalue weighted by Crippen LogP contribution is -2.35. The molecule has 0 aliphatic carbocycles. The van der Waals surface area contributed by atoms with Crippen molar-refractivity contribution in [2.24, 2.45) is 0 Å². The number of nitrogens with one attached hydrogen (secondary N) is 1. The Bertz CT molecular complexity index is 493. The minimum atomic E-state index is -0.384. The second-order valence-corrected chi connectivity index (χ2v) is 3.82. The number of nitriles is 1. The lowest BCUT2D eigenvalue weighted by Gasteiger charge is -2.26. The predicted molar refractivity (Wildman–Crippen MR) is 62.8 cm³/mol. The summed E-state index contributed by atoms with van der Waals surface area (Å²) in [5.74, 6) is 0.580. The molecule has 1 aromatic rings. The van der Waals surface area contributed by atoms with Crippen LogP contribution in [0.3, 0.4) is 0 Å². The van der Waals surface area contributed by atoms with Crippen molar-refractivity contribution in [2.45, 2.75) is 6.04 Å². The SMILES string of the molecule is CNC(C#N)c1ccc2c(c1)N(C)C(=O)CO2. The summed E-state index contributed by atoms with van der Waals surface area (Å²) in [6.07, 6.45) is 0. The normalized spacial score (nSPS) is 15.8. The van der Waals surface area contributed by atoms with Crippen LogP contribution in [0.15, 0.2) is 18.2 Å². The molecule has 1 aromatic carbocycles. The van der Waals surface area contributed by atoms with Gasteiger partial charge in [-0.3, -0.25) is 4.79 Å². The van der Waals surface area contributed by atoms with Crippen molar-refractivity contribution in [1.82, 2.24) is 5.32 Å². The van der Waals surface area contributed by atoms with Crippen LogP contribution in [0, 0.1) is 11.3 Å². The van der Waals surface area contributed by atoms with E-state index in [1.54, 1.807) is 31.1 Å². The maximum atomic E-state index is 11.5. The Morgan fingerprint density at radius 2 is 2.35 bits per heavy atom. The number of hydrogen-bond acceptors (Lipinski definition) is 4. The first-order valence-electron chi connectivity index (χ1n) is 5.27. The molecule has 5 nitrogen and oxygen atoms in total. The van der Waals surface area contributed by atoms with E-state index in [1.807, 2.05) is 6.07 Å². The second kappa shape index (κ2) is 4.44. The van der Waals surface area contributed by atoms with Crippen molar-refractivity contribution >= 4 is 11.6 Å². The third kappa shape index (κ3) is 1.95. The van der Waals surface area contributed by atoms with Crippen molar-refractivity contribution in [2.75, 3.05) is 25.6 Å². The molecule has 1 aliphatic heterocycles. The molecule has 0 saturated heterocycles. The number of carbonyl (C=O) groups is 1. The first-order chi connectivity index (χ1) is 8.17. The molecule has 17 heavy (non-hydrogen) atoms. The van der Waals surface area contributed by atoms with Crippen LogP contribution in [0.4, 0.5) is 5.69 Å². The number of amides is 1. The molecule has 1 amide bonds. The Balaban J connectivity index is 2.42. The van der Waals surface area contributed by atoms with Crippen molar-refractivity contribution < 1.29 is 9.53 Å². The summed E-state index contributed by atoms with van der Waals surface area (Å²) < 4.78 is 5.31. The highest BCUT2D eigenvalue weighted by atomic mass is 16.5. The minimum absolute atomic E-state index is 0.0660. The van der Waals surface area contributed by atoms with Crippen LogP contribution < -0.4 is 15.0 Å². The number of anilines is 1. The minimum Gasteiger partial charge on any atom is -0.482 e. The highest BCUT2D eigenvalue weighted by Crippen LogP contribution is 2.33. The Labute approximate surface area is 99.6 Å². The fourth-order valence-electron chi connectivity index (χ4n) is 1.77. The van der Waals surface area contributed by atoms with Crippen LogP contribution in [-0.4, -0.2) is 26.6 Å². The zero-order valence-electron chi connectivity index (χ0n) is 9.73. The Kier molecular flexibility index (Phi) is 2.98. The number of hydrogen-bond donors (Lipinski definition) is 1. The monoisotopic (exact) mass is 231 g/mol. The number of carbonyl (C=O) groups excluding carboxylic acids is 1. The van der Waals surface area contributed by atoms with Crippen molar-refractivity contribution in [1.29, 1.82) is 5.26 Å². The molecule has 0 fully saturated rings. The highest BCUT2D eigenvalue weighted by Gasteiger charge is 2.23.